The van der Waals surface area contributed by atoms with Gasteiger partial charge in [0.15, 0.2) is 5.82 Å². The number of benzene rings is 2. The van der Waals surface area contributed by atoms with Crippen LogP contribution in [-0.2, 0) is 6.54 Å². The van der Waals surface area contributed by atoms with E-state index in [4.69, 9.17) is 16.3 Å². The molecule has 0 saturated heterocycles. The summed E-state index contributed by atoms with van der Waals surface area (Å²) in [5, 5.41) is 26.1. The number of nitro groups is 1. The molecule has 3 aromatic rings. The molecule has 0 spiro atoms. The summed E-state index contributed by atoms with van der Waals surface area (Å²) in [7, 11) is 0. The second-order valence-electron chi connectivity index (χ2n) is 7.35. The standard InChI is InChI=1S/C21H23ClN4O4/c1-13(2)18-9-19(22)14(3)8-20(18)30-11-17(27)10-25-12-23-21(24-25)15-4-6-16(7-5-15)26(28)29/h4-9,12-13,17,27H,10-11H2,1-3H3. The largest absolute Gasteiger partial charge is 0.491 e. The minimum Gasteiger partial charge on any atom is -0.491 e. The lowest BCUT2D eigenvalue weighted by Crippen LogP contribution is -2.24. The average molecular weight is 431 g/mol. The first kappa shape index (κ1) is 21.7. The Morgan fingerprint density at radius 1 is 1.27 bits per heavy atom. The normalized spacial score (nSPS) is 12.2. The van der Waals surface area contributed by atoms with E-state index in [1.807, 2.05) is 19.1 Å². The number of nitro benzene ring substituents is 1. The second-order valence-corrected chi connectivity index (χ2v) is 7.76. The fourth-order valence-electron chi connectivity index (χ4n) is 2.95. The van der Waals surface area contributed by atoms with Crippen molar-refractivity contribution < 1.29 is 14.8 Å². The van der Waals surface area contributed by atoms with Crippen LogP contribution in [-0.4, -0.2) is 37.5 Å². The molecule has 1 atom stereocenters. The first-order valence-corrected chi connectivity index (χ1v) is 9.87. The van der Waals surface area contributed by atoms with Crippen LogP contribution in [0.4, 0.5) is 5.69 Å². The molecule has 9 heteroatoms. The van der Waals surface area contributed by atoms with E-state index in [9.17, 15) is 15.2 Å². The highest BCUT2D eigenvalue weighted by Crippen LogP contribution is 2.32. The van der Waals surface area contributed by atoms with Gasteiger partial charge in [-0.25, -0.2) is 9.67 Å². The maximum absolute atomic E-state index is 10.8. The minimum absolute atomic E-state index is 0.00366. The van der Waals surface area contributed by atoms with Gasteiger partial charge in [-0.3, -0.25) is 10.1 Å². The number of aliphatic hydroxyl groups excluding tert-OH is 1. The lowest BCUT2D eigenvalue weighted by Gasteiger charge is -2.18. The Hall–Kier alpha value is -2.97. The quantitative estimate of drug-likeness (QED) is 0.420. The summed E-state index contributed by atoms with van der Waals surface area (Å²) in [4.78, 5) is 14.5. The molecule has 0 amide bonds. The van der Waals surface area contributed by atoms with Crippen LogP contribution in [0.15, 0.2) is 42.7 Å². The van der Waals surface area contributed by atoms with Gasteiger partial charge in [0, 0.05) is 22.7 Å². The van der Waals surface area contributed by atoms with E-state index in [1.165, 1.54) is 23.1 Å². The molecule has 1 N–H and O–H groups in total. The first-order valence-electron chi connectivity index (χ1n) is 9.49. The van der Waals surface area contributed by atoms with E-state index in [-0.39, 0.29) is 24.8 Å². The van der Waals surface area contributed by atoms with Crippen LogP contribution >= 0.6 is 11.6 Å². The summed E-state index contributed by atoms with van der Waals surface area (Å²) in [5.74, 6) is 1.36. The molecule has 0 aliphatic carbocycles. The number of non-ortho nitro benzene ring substituents is 1. The third kappa shape index (κ3) is 5.14. The summed E-state index contributed by atoms with van der Waals surface area (Å²) in [6.07, 6.45) is 0.707. The number of halogens is 1. The molecule has 30 heavy (non-hydrogen) atoms. The summed E-state index contributed by atoms with van der Waals surface area (Å²) in [6, 6.07) is 9.77. The molecule has 3 rings (SSSR count). The molecule has 2 aromatic carbocycles. The number of hydrogen-bond acceptors (Lipinski definition) is 6. The molecule has 0 aliphatic heterocycles. The molecular formula is C21H23ClN4O4. The topological polar surface area (TPSA) is 103 Å². The zero-order valence-electron chi connectivity index (χ0n) is 16.9. The number of rotatable bonds is 8. The van der Waals surface area contributed by atoms with Gasteiger partial charge in [-0.2, -0.15) is 5.10 Å². The van der Waals surface area contributed by atoms with Crippen molar-refractivity contribution in [1.29, 1.82) is 0 Å². The van der Waals surface area contributed by atoms with Crippen molar-refractivity contribution >= 4 is 17.3 Å². The number of aryl methyl sites for hydroxylation is 1. The van der Waals surface area contributed by atoms with Gasteiger partial charge < -0.3 is 9.84 Å². The third-order valence-corrected chi connectivity index (χ3v) is 5.02. The third-order valence-electron chi connectivity index (χ3n) is 4.61. The number of aliphatic hydroxyl groups is 1. The maximum atomic E-state index is 10.8. The van der Waals surface area contributed by atoms with Gasteiger partial charge in [0.2, 0.25) is 0 Å². The molecule has 0 saturated carbocycles. The Kier molecular flexibility index (Phi) is 6.69. The van der Waals surface area contributed by atoms with Crippen molar-refractivity contribution in [3.05, 3.63) is 69.0 Å². The average Bonchev–Trinajstić information content (AvgIpc) is 3.16. The van der Waals surface area contributed by atoms with Gasteiger partial charge in [0.25, 0.3) is 5.69 Å². The summed E-state index contributed by atoms with van der Waals surface area (Å²) < 4.78 is 7.38. The van der Waals surface area contributed by atoms with E-state index in [0.29, 0.717) is 22.2 Å². The van der Waals surface area contributed by atoms with Gasteiger partial charge in [0.1, 0.15) is 24.8 Å². The highest BCUT2D eigenvalue weighted by Gasteiger charge is 2.15. The van der Waals surface area contributed by atoms with Crippen LogP contribution in [0.3, 0.4) is 0 Å². The van der Waals surface area contributed by atoms with Crippen LogP contribution in [0.2, 0.25) is 5.02 Å². The van der Waals surface area contributed by atoms with Crippen molar-refractivity contribution in [3.63, 3.8) is 0 Å². The SMILES string of the molecule is Cc1cc(OCC(O)Cn2cnc(-c3ccc([N+](=O)[O-])cc3)n2)c(C(C)C)cc1Cl. The zero-order chi connectivity index (χ0) is 21.8. The lowest BCUT2D eigenvalue weighted by atomic mass is 10.0. The van der Waals surface area contributed by atoms with Gasteiger partial charge >= 0.3 is 0 Å². The van der Waals surface area contributed by atoms with Crippen molar-refractivity contribution in [3.8, 4) is 17.1 Å². The molecule has 0 fully saturated rings. The molecule has 0 aliphatic rings. The summed E-state index contributed by atoms with van der Waals surface area (Å²) >= 11 is 6.22. The fourth-order valence-corrected chi connectivity index (χ4v) is 3.12. The fraction of sp³-hybridized carbons (Fsp3) is 0.333. The Morgan fingerprint density at radius 2 is 1.97 bits per heavy atom. The monoisotopic (exact) mass is 430 g/mol. The van der Waals surface area contributed by atoms with Gasteiger partial charge in [-0.15, -0.1) is 0 Å². The van der Waals surface area contributed by atoms with Gasteiger partial charge in [-0.1, -0.05) is 25.4 Å². The Labute approximate surface area is 179 Å². The molecular weight excluding hydrogens is 408 g/mol. The van der Waals surface area contributed by atoms with E-state index in [2.05, 4.69) is 23.9 Å². The van der Waals surface area contributed by atoms with Gasteiger partial charge in [-0.05, 0) is 48.2 Å². The minimum atomic E-state index is -0.799. The zero-order valence-corrected chi connectivity index (χ0v) is 17.7. The molecule has 1 heterocycles. The predicted octanol–water partition coefficient (Wildman–Crippen LogP) is 4.38. The first-order chi connectivity index (χ1) is 14.2. The Balaban J connectivity index is 1.63. The molecule has 0 radical (unpaired) electrons. The van der Waals surface area contributed by atoms with Crippen molar-refractivity contribution in [1.82, 2.24) is 14.8 Å². The number of ether oxygens (including phenoxy) is 1. The number of nitrogens with zero attached hydrogens (tertiary/aromatic N) is 4. The molecule has 8 nitrogen and oxygen atoms in total. The summed E-state index contributed by atoms with van der Waals surface area (Å²) in [5.41, 5.74) is 2.56. The van der Waals surface area contributed by atoms with Crippen LogP contribution in [0.1, 0.15) is 30.9 Å². The van der Waals surface area contributed by atoms with Crippen LogP contribution in [0, 0.1) is 17.0 Å². The highest BCUT2D eigenvalue weighted by molar-refractivity contribution is 6.31. The van der Waals surface area contributed by atoms with E-state index >= 15 is 0 Å². The number of hydrogen-bond donors (Lipinski definition) is 1. The summed E-state index contributed by atoms with van der Waals surface area (Å²) in [6.45, 7) is 6.31. The highest BCUT2D eigenvalue weighted by atomic mass is 35.5. The van der Waals surface area contributed by atoms with E-state index in [0.717, 1.165) is 11.1 Å². The van der Waals surface area contributed by atoms with E-state index in [1.54, 1.807) is 12.1 Å². The smallest absolute Gasteiger partial charge is 0.269 e. The Morgan fingerprint density at radius 3 is 2.60 bits per heavy atom. The molecule has 158 valence electrons. The lowest BCUT2D eigenvalue weighted by molar-refractivity contribution is -0.384. The molecule has 1 aromatic heterocycles. The second kappa shape index (κ2) is 9.23. The van der Waals surface area contributed by atoms with Crippen LogP contribution < -0.4 is 4.74 Å². The van der Waals surface area contributed by atoms with Gasteiger partial charge in [0.05, 0.1) is 11.5 Å². The predicted molar refractivity (Wildman–Crippen MR) is 114 cm³/mol. The van der Waals surface area contributed by atoms with Crippen molar-refractivity contribution in [2.75, 3.05) is 6.61 Å². The Bertz CT molecular complexity index is 1030. The van der Waals surface area contributed by atoms with Crippen molar-refractivity contribution in [2.24, 2.45) is 0 Å². The van der Waals surface area contributed by atoms with Crippen molar-refractivity contribution in [2.45, 2.75) is 39.3 Å². The maximum Gasteiger partial charge on any atom is 0.269 e. The molecule has 0 bridgehead atoms. The molecule has 1 unspecified atom stereocenters. The van der Waals surface area contributed by atoms with E-state index < -0.39 is 11.0 Å². The van der Waals surface area contributed by atoms with Crippen LogP contribution in [0.25, 0.3) is 11.4 Å². The number of aromatic nitrogens is 3. The van der Waals surface area contributed by atoms with Crippen LogP contribution in [0.5, 0.6) is 5.75 Å².